The Morgan fingerprint density at radius 2 is 1.73 bits per heavy atom. The number of benzene rings is 2. The normalized spacial score (nSPS) is 10.4. The third kappa shape index (κ3) is 6.36. The van der Waals surface area contributed by atoms with E-state index in [0.717, 1.165) is 5.56 Å². The predicted octanol–water partition coefficient (Wildman–Crippen LogP) is 2.64. The number of carbonyl (C=O) groups excluding carboxylic acids is 2. The maximum absolute atomic E-state index is 12.2. The lowest BCUT2D eigenvalue weighted by Crippen LogP contribution is -2.36. The number of aromatic nitrogens is 2. The number of carbonyl (C=O) groups is 2. The third-order valence-corrected chi connectivity index (χ3v) is 4.73. The lowest BCUT2D eigenvalue weighted by atomic mass is 10.2. The van der Waals surface area contributed by atoms with Crippen molar-refractivity contribution in [2.45, 2.75) is 6.92 Å². The van der Waals surface area contributed by atoms with Crippen molar-refractivity contribution in [2.75, 3.05) is 33.9 Å². The van der Waals surface area contributed by atoms with Gasteiger partial charge in [0.05, 0.1) is 14.2 Å². The summed E-state index contributed by atoms with van der Waals surface area (Å²) >= 11 is 5.90. The van der Waals surface area contributed by atoms with E-state index < -0.39 is 5.91 Å². The zero-order valence-corrected chi connectivity index (χ0v) is 19.1. The van der Waals surface area contributed by atoms with Gasteiger partial charge in [0.2, 0.25) is 5.82 Å². The Hall–Kier alpha value is -3.79. The van der Waals surface area contributed by atoms with Crippen molar-refractivity contribution in [1.29, 1.82) is 0 Å². The average molecular weight is 475 g/mol. The molecular weight excluding hydrogens is 452 g/mol. The Morgan fingerprint density at radius 3 is 2.45 bits per heavy atom. The summed E-state index contributed by atoms with van der Waals surface area (Å²) < 4.78 is 20.9. The first kappa shape index (κ1) is 23.9. The predicted molar refractivity (Wildman–Crippen MR) is 120 cm³/mol. The van der Waals surface area contributed by atoms with Gasteiger partial charge in [-0.25, -0.2) is 0 Å². The fraction of sp³-hybridized carbons (Fsp3) is 0.273. The molecule has 1 heterocycles. The van der Waals surface area contributed by atoms with Gasteiger partial charge in [0.15, 0.2) is 18.1 Å². The van der Waals surface area contributed by atoms with Gasteiger partial charge in [0.1, 0.15) is 5.75 Å². The number of amides is 2. The molecule has 0 radical (unpaired) electrons. The summed E-state index contributed by atoms with van der Waals surface area (Å²) in [7, 11) is 3.05. The van der Waals surface area contributed by atoms with E-state index in [4.69, 9.17) is 30.3 Å². The summed E-state index contributed by atoms with van der Waals surface area (Å²) in [4.78, 5) is 28.3. The molecular formula is C22H23ClN4O6. The van der Waals surface area contributed by atoms with Crippen molar-refractivity contribution in [3.8, 4) is 28.6 Å². The van der Waals surface area contributed by atoms with Crippen LogP contribution in [0.4, 0.5) is 0 Å². The standard InChI is InChI=1S/C22H23ClN4O6/c1-13-10-15(23)5-7-16(13)32-12-19(28)24-8-9-25-21(29)22-26-20(27-33-22)14-4-6-17(30-2)18(11-14)31-3/h4-7,10-11H,8-9,12H2,1-3H3,(H,24,28)(H,25,29). The fourth-order valence-electron chi connectivity index (χ4n) is 2.83. The number of aryl methyl sites for hydroxylation is 1. The van der Waals surface area contributed by atoms with Gasteiger partial charge >= 0.3 is 11.8 Å². The molecule has 2 N–H and O–H groups in total. The van der Waals surface area contributed by atoms with Crippen molar-refractivity contribution < 1.29 is 28.3 Å². The molecule has 2 amide bonds. The van der Waals surface area contributed by atoms with E-state index >= 15 is 0 Å². The van der Waals surface area contributed by atoms with Gasteiger partial charge < -0.3 is 29.4 Å². The minimum absolute atomic E-state index is 0.158. The number of nitrogens with one attached hydrogen (secondary N) is 2. The van der Waals surface area contributed by atoms with Crippen LogP contribution in [0.3, 0.4) is 0 Å². The first-order valence-corrected chi connectivity index (χ1v) is 10.3. The summed E-state index contributed by atoms with van der Waals surface area (Å²) in [6.07, 6.45) is 0. The van der Waals surface area contributed by atoms with Crippen molar-refractivity contribution >= 4 is 23.4 Å². The van der Waals surface area contributed by atoms with E-state index in [2.05, 4.69) is 20.8 Å². The number of hydrogen-bond donors (Lipinski definition) is 2. The molecule has 0 saturated heterocycles. The number of hydrogen-bond acceptors (Lipinski definition) is 8. The van der Waals surface area contributed by atoms with Crippen LogP contribution in [-0.2, 0) is 4.79 Å². The van der Waals surface area contributed by atoms with Crippen LogP contribution >= 0.6 is 11.6 Å². The Kier molecular flexibility index (Phi) is 8.09. The zero-order chi connectivity index (χ0) is 23.8. The van der Waals surface area contributed by atoms with Crippen molar-refractivity contribution in [2.24, 2.45) is 0 Å². The molecule has 3 rings (SSSR count). The van der Waals surface area contributed by atoms with Gasteiger partial charge in [-0.2, -0.15) is 4.98 Å². The molecule has 3 aromatic rings. The van der Waals surface area contributed by atoms with Crippen molar-refractivity contribution in [1.82, 2.24) is 20.8 Å². The van der Waals surface area contributed by atoms with E-state index in [0.29, 0.717) is 27.8 Å². The average Bonchev–Trinajstić information content (AvgIpc) is 3.31. The Balaban J connectivity index is 1.44. The highest BCUT2D eigenvalue weighted by atomic mass is 35.5. The molecule has 174 valence electrons. The van der Waals surface area contributed by atoms with Gasteiger partial charge in [-0.15, -0.1) is 0 Å². The second-order valence-electron chi connectivity index (χ2n) is 6.80. The summed E-state index contributed by atoms with van der Waals surface area (Å²) in [5.74, 6) is 0.764. The molecule has 1 aromatic heterocycles. The maximum atomic E-state index is 12.2. The van der Waals surface area contributed by atoms with Gasteiger partial charge in [0.25, 0.3) is 5.91 Å². The third-order valence-electron chi connectivity index (χ3n) is 4.49. The lowest BCUT2D eigenvalue weighted by Gasteiger charge is -2.10. The molecule has 0 saturated carbocycles. The molecule has 0 aliphatic heterocycles. The number of ether oxygens (including phenoxy) is 3. The molecule has 10 nitrogen and oxygen atoms in total. The van der Waals surface area contributed by atoms with Crippen LogP contribution in [-0.4, -0.2) is 55.9 Å². The summed E-state index contributed by atoms with van der Waals surface area (Å²) in [5.41, 5.74) is 1.42. The summed E-state index contributed by atoms with van der Waals surface area (Å²) in [6.45, 7) is 2.04. The number of nitrogens with zero attached hydrogens (tertiary/aromatic N) is 2. The number of halogens is 1. The highest BCUT2D eigenvalue weighted by Crippen LogP contribution is 2.31. The number of rotatable bonds is 10. The van der Waals surface area contributed by atoms with Gasteiger partial charge in [-0.05, 0) is 48.9 Å². The first-order chi connectivity index (χ1) is 15.9. The smallest absolute Gasteiger partial charge is 0.316 e. The summed E-state index contributed by atoms with van der Waals surface area (Å²) in [5, 5.41) is 9.66. The second-order valence-corrected chi connectivity index (χ2v) is 7.23. The first-order valence-electron chi connectivity index (χ1n) is 9.91. The van der Waals surface area contributed by atoms with Crippen LogP contribution in [0.2, 0.25) is 5.02 Å². The van der Waals surface area contributed by atoms with Gasteiger partial charge in [-0.3, -0.25) is 9.59 Å². The van der Waals surface area contributed by atoms with Gasteiger partial charge in [0, 0.05) is 23.7 Å². The van der Waals surface area contributed by atoms with E-state index in [9.17, 15) is 9.59 Å². The SMILES string of the molecule is COc1ccc(-c2noc(C(=O)NCCNC(=O)COc3ccc(Cl)cc3C)n2)cc1OC. The molecule has 0 fully saturated rings. The van der Waals surface area contributed by atoms with E-state index in [1.54, 1.807) is 36.4 Å². The zero-order valence-electron chi connectivity index (χ0n) is 18.3. The lowest BCUT2D eigenvalue weighted by molar-refractivity contribution is -0.123. The van der Waals surface area contributed by atoms with Crippen molar-refractivity contribution in [3.63, 3.8) is 0 Å². The van der Waals surface area contributed by atoms with E-state index in [1.807, 2.05) is 6.92 Å². The van der Waals surface area contributed by atoms with Crippen LogP contribution in [0.1, 0.15) is 16.2 Å². The molecule has 0 atom stereocenters. The topological polar surface area (TPSA) is 125 Å². The molecule has 0 spiro atoms. The summed E-state index contributed by atoms with van der Waals surface area (Å²) in [6, 6.07) is 10.2. The van der Waals surface area contributed by atoms with Crippen LogP contribution < -0.4 is 24.8 Å². The molecule has 0 aliphatic rings. The molecule has 11 heteroatoms. The molecule has 0 bridgehead atoms. The Morgan fingerprint density at radius 1 is 1.00 bits per heavy atom. The van der Waals surface area contributed by atoms with Crippen molar-refractivity contribution in [3.05, 3.63) is 52.9 Å². The molecule has 0 unspecified atom stereocenters. The Labute approximate surface area is 195 Å². The molecule has 2 aromatic carbocycles. The molecule has 33 heavy (non-hydrogen) atoms. The van der Waals surface area contributed by atoms with Crippen LogP contribution in [0, 0.1) is 6.92 Å². The minimum atomic E-state index is -0.559. The highest BCUT2D eigenvalue weighted by Gasteiger charge is 2.17. The molecule has 0 aliphatic carbocycles. The second kappa shape index (κ2) is 11.2. The monoisotopic (exact) mass is 474 g/mol. The maximum Gasteiger partial charge on any atom is 0.316 e. The quantitative estimate of drug-likeness (QED) is 0.430. The Bertz CT molecular complexity index is 1130. The minimum Gasteiger partial charge on any atom is -0.493 e. The van der Waals surface area contributed by atoms with Crippen LogP contribution in [0.25, 0.3) is 11.4 Å². The van der Waals surface area contributed by atoms with E-state index in [-0.39, 0.29) is 37.3 Å². The fourth-order valence-corrected chi connectivity index (χ4v) is 3.06. The highest BCUT2D eigenvalue weighted by molar-refractivity contribution is 6.30. The van der Waals surface area contributed by atoms with Crippen LogP contribution in [0.15, 0.2) is 40.9 Å². The van der Waals surface area contributed by atoms with Crippen LogP contribution in [0.5, 0.6) is 17.2 Å². The van der Waals surface area contributed by atoms with Gasteiger partial charge in [-0.1, -0.05) is 16.8 Å². The number of methoxy groups -OCH3 is 2. The van der Waals surface area contributed by atoms with E-state index in [1.165, 1.54) is 14.2 Å². The largest absolute Gasteiger partial charge is 0.493 e.